The molecule has 31 heavy (non-hydrogen) atoms. The molecule has 0 bridgehead atoms. The van der Waals surface area contributed by atoms with Crippen LogP contribution in [0.25, 0.3) is 0 Å². The molecule has 2 N–H and O–H groups in total. The number of likely N-dealkylation sites (N-methyl/N-ethyl adjacent to an activating group) is 1. The maximum Gasteiger partial charge on any atom is 0.239 e. The highest BCUT2D eigenvalue weighted by Gasteiger charge is 2.27. The second-order valence-corrected chi connectivity index (χ2v) is 7.90. The normalized spacial score (nSPS) is 14.4. The molecule has 0 spiro atoms. The van der Waals surface area contributed by atoms with Crippen molar-refractivity contribution in [2.75, 3.05) is 43.9 Å². The number of para-hydroxylation sites is 1. The van der Waals surface area contributed by atoms with Gasteiger partial charge in [-0.25, -0.2) is 4.98 Å². The molecule has 1 saturated heterocycles. The minimum Gasteiger partial charge on any atom is -0.342 e. The van der Waals surface area contributed by atoms with Crippen molar-refractivity contribution in [1.29, 1.82) is 0 Å². The fraction of sp³-hybridized carbons (Fsp3) is 0.391. The molecule has 3 amide bonds. The summed E-state index contributed by atoms with van der Waals surface area (Å²) in [6.07, 6.45) is 1.27. The van der Waals surface area contributed by atoms with Crippen molar-refractivity contribution in [1.82, 2.24) is 14.8 Å². The molecule has 2 heterocycles. The van der Waals surface area contributed by atoms with Crippen LogP contribution in [-0.2, 0) is 14.4 Å². The molecule has 3 rings (SSSR count). The number of rotatable bonds is 7. The van der Waals surface area contributed by atoms with Crippen LogP contribution in [0.15, 0.2) is 48.5 Å². The molecule has 1 aliphatic rings. The molecule has 1 fully saturated rings. The van der Waals surface area contributed by atoms with E-state index in [9.17, 15) is 14.4 Å². The molecule has 164 valence electrons. The quantitative estimate of drug-likeness (QED) is 0.712. The van der Waals surface area contributed by atoms with Gasteiger partial charge in [0.1, 0.15) is 5.82 Å². The molecule has 0 saturated carbocycles. The lowest BCUT2D eigenvalue weighted by Crippen LogP contribution is -2.46. The van der Waals surface area contributed by atoms with E-state index in [2.05, 4.69) is 15.6 Å². The topological polar surface area (TPSA) is 94.6 Å². The first-order chi connectivity index (χ1) is 14.9. The summed E-state index contributed by atoms with van der Waals surface area (Å²) in [5.74, 6) is 0.141. The SMILES string of the molecule is Cc1cccc(NC(=O)CN(C)CC(=O)N2CCC(C(=O)Nc3ccccc3)CC2)n1. The third-order valence-electron chi connectivity index (χ3n) is 5.23. The maximum atomic E-state index is 12.6. The summed E-state index contributed by atoms with van der Waals surface area (Å²) in [6.45, 7) is 3.18. The van der Waals surface area contributed by atoms with Gasteiger partial charge in [0.25, 0.3) is 0 Å². The number of pyridine rings is 1. The standard InChI is InChI=1S/C23H29N5O3/c1-17-7-6-10-20(24-17)26-21(29)15-27(2)16-22(30)28-13-11-18(12-14-28)23(31)25-19-8-4-3-5-9-19/h3-10,18H,11-16H2,1-2H3,(H,25,31)(H,24,26,29). The van der Waals surface area contributed by atoms with Crippen molar-refractivity contribution >= 4 is 29.2 Å². The summed E-state index contributed by atoms with van der Waals surface area (Å²) in [6, 6.07) is 14.8. The van der Waals surface area contributed by atoms with E-state index in [0.29, 0.717) is 31.7 Å². The lowest BCUT2D eigenvalue weighted by atomic mass is 9.95. The number of piperidine rings is 1. The van der Waals surface area contributed by atoms with E-state index in [1.54, 1.807) is 22.9 Å². The van der Waals surface area contributed by atoms with Gasteiger partial charge in [-0.05, 0) is 51.1 Å². The molecular weight excluding hydrogens is 394 g/mol. The smallest absolute Gasteiger partial charge is 0.239 e. The van der Waals surface area contributed by atoms with E-state index in [0.717, 1.165) is 11.4 Å². The lowest BCUT2D eigenvalue weighted by Gasteiger charge is -2.32. The second kappa shape index (κ2) is 10.7. The molecule has 8 nitrogen and oxygen atoms in total. The van der Waals surface area contributed by atoms with Gasteiger partial charge in [-0.1, -0.05) is 24.3 Å². The number of aryl methyl sites for hydroxylation is 1. The number of hydrogen-bond acceptors (Lipinski definition) is 5. The number of amides is 3. The van der Waals surface area contributed by atoms with Crippen LogP contribution >= 0.6 is 0 Å². The number of carbonyl (C=O) groups is 3. The molecule has 1 aromatic heterocycles. The van der Waals surface area contributed by atoms with Gasteiger partial charge in [0, 0.05) is 30.4 Å². The van der Waals surface area contributed by atoms with E-state index >= 15 is 0 Å². The van der Waals surface area contributed by atoms with Crippen molar-refractivity contribution in [3.05, 3.63) is 54.2 Å². The Morgan fingerprint density at radius 1 is 1.00 bits per heavy atom. The Morgan fingerprint density at radius 2 is 1.71 bits per heavy atom. The van der Waals surface area contributed by atoms with Crippen LogP contribution in [0, 0.1) is 12.8 Å². The first-order valence-electron chi connectivity index (χ1n) is 10.5. The van der Waals surface area contributed by atoms with Crippen LogP contribution < -0.4 is 10.6 Å². The van der Waals surface area contributed by atoms with Crippen molar-refractivity contribution in [3.63, 3.8) is 0 Å². The molecule has 0 radical (unpaired) electrons. The van der Waals surface area contributed by atoms with Gasteiger partial charge >= 0.3 is 0 Å². The first kappa shape index (κ1) is 22.4. The largest absolute Gasteiger partial charge is 0.342 e. The zero-order chi connectivity index (χ0) is 22.2. The first-order valence-corrected chi connectivity index (χ1v) is 10.5. The average Bonchev–Trinajstić information content (AvgIpc) is 2.74. The third-order valence-corrected chi connectivity index (χ3v) is 5.23. The Kier molecular flexibility index (Phi) is 7.72. The number of hydrogen-bond donors (Lipinski definition) is 2. The predicted molar refractivity (Wildman–Crippen MR) is 119 cm³/mol. The molecule has 0 aliphatic carbocycles. The summed E-state index contributed by atoms with van der Waals surface area (Å²) in [5.41, 5.74) is 1.61. The summed E-state index contributed by atoms with van der Waals surface area (Å²) in [7, 11) is 1.74. The second-order valence-electron chi connectivity index (χ2n) is 7.90. The Bertz CT molecular complexity index is 910. The molecule has 8 heteroatoms. The van der Waals surface area contributed by atoms with Gasteiger partial charge in [0.2, 0.25) is 17.7 Å². The van der Waals surface area contributed by atoms with Crippen molar-refractivity contribution in [3.8, 4) is 0 Å². The van der Waals surface area contributed by atoms with Crippen LogP contribution in [0.5, 0.6) is 0 Å². The van der Waals surface area contributed by atoms with Gasteiger partial charge in [-0.2, -0.15) is 0 Å². The van der Waals surface area contributed by atoms with Gasteiger partial charge in [0.05, 0.1) is 13.1 Å². The zero-order valence-corrected chi connectivity index (χ0v) is 18.0. The fourth-order valence-corrected chi connectivity index (χ4v) is 3.58. The number of anilines is 2. The van der Waals surface area contributed by atoms with Gasteiger partial charge in [0.15, 0.2) is 0 Å². The van der Waals surface area contributed by atoms with Crippen molar-refractivity contribution in [2.24, 2.45) is 5.92 Å². The lowest BCUT2D eigenvalue weighted by molar-refractivity contribution is -0.135. The number of nitrogens with zero attached hydrogens (tertiary/aromatic N) is 3. The molecular formula is C23H29N5O3. The highest BCUT2D eigenvalue weighted by molar-refractivity contribution is 5.93. The Balaban J connectivity index is 1.40. The van der Waals surface area contributed by atoms with Crippen molar-refractivity contribution < 1.29 is 14.4 Å². The van der Waals surface area contributed by atoms with E-state index in [-0.39, 0.29) is 36.7 Å². The summed E-state index contributed by atoms with van der Waals surface area (Å²) in [4.78, 5) is 44.9. The number of benzene rings is 1. The average molecular weight is 424 g/mol. The van der Waals surface area contributed by atoms with Crippen LogP contribution in [0.3, 0.4) is 0 Å². The Morgan fingerprint density at radius 3 is 2.39 bits per heavy atom. The Hall–Kier alpha value is -3.26. The number of carbonyl (C=O) groups excluding carboxylic acids is 3. The van der Waals surface area contributed by atoms with E-state index in [1.807, 2.05) is 49.4 Å². The number of aromatic nitrogens is 1. The van der Waals surface area contributed by atoms with Crippen LogP contribution in [0.1, 0.15) is 18.5 Å². The van der Waals surface area contributed by atoms with E-state index < -0.39 is 0 Å². The fourth-order valence-electron chi connectivity index (χ4n) is 3.58. The number of nitrogens with one attached hydrogen (secondary N) is 2. The van der Waals surface area contributed by atoms with Gasteiger partial charge in [-0.15, -0.1) is 0 Å². The highest BCUT2D eigenvalue weighted by Crippen LogP contribution is 2.19. The maximum absolute atomic E-state index is 12.6. The highest BCUT2D eigenvalue weighted by atomic mass is 16.2. The summed E-state index contributed by atoms with van der Waals surface area (Å²) >= 11 is 0. The van der Waals surface area contributed by atoms with Crippen LogP contribution in [0.4, 0.5) is 11.5 Å². The van der Waals surface area contributed by atoms with E-state index in [1.165, 1.54) is 0 Å². The Labute approximate surface area is 182 Å². The van der Waals surface area contributed by atoms with E-state index in [4.69, 9.17) is 0 Å². The molecule has 1 aliphatic heterocycles. The minimum absolute atomic E-state index is 0.00292. The van der Waals surface area contributed by atoms with Crippen LogP contribution in [0.2, 0.25) is 0 Å². The minimum atomic E-state index is -0.218. The summed E-state index contributed by atoms with van der Waals surface area (Å²) < 4.78 is 0. The monoisotopic (exact) mass is 423 g/mol. The molecule has 1 aromatic carbocycles. The van der Waals surface area contributed by atoms with Gasteiger partial charge < -0.3 is 15.5 Å². The van der Waals surface area contributed by atoms with Crippen molar-refractivity contribution in [2.45, 2.75) is 19.8 Å². The third kappa shape index (κ3) is 6.89. The zero-order valence-electron chi connectivity index (χ0n) is 18.0. The molecule has 2 aromatic rings. The molecule has 0 atom stereocenters. The molecule has 0 unspecified atom stereocenters. The predicted octanol–water partition coefficient (Wildman–Crippen LogP) is 2.14. The van der Waals surface area contributed by atoms with Crippen LogP contribution in [-0.4, -0.2) is 65.7 Å². The van der Waals surface area contributed by atoms with Gasteiger partial charge in [-0.3, -0.25) is 19.3 Å². The summed E-state index contributed by atoms with van der Waals surface area (Å²) in [5, 5.41) is 5.68. The number of likely N-dealkylation sites (tertiary alicyclic amines) is 1.